The van der Waals surface area contributed by atoms with Crippen LogP contribution in [-0.4, -0.2) is 19.1 Å². The minimum absolute atomic E-state index is 0.0374. The summed E-state index contributed by atoms with van der Waals surface area (Å²) in [7, 11) is 0. The van der Waals surface area contributed by atoms with E-state index in [1.807, 2.05) is 0 Å². The number of nitro groups is 1. The molecular formula is C11H10N2O4S. The largest absolute Gasteiger partial charge is 0.494 e. The van der Waals surface area contributed by atoms with Crippen LogP contribution in [0.5, 0.6) is 11.8 Å². The summed E-state index contributed by atoms with van der Waals surface area (Å²) in [5.41, 5.74) is 0.897. The van der Waals surface area contributed by atoms with E-state index in [1.165, 1.54) is 40.2 Å². The maximum absolute atomic E-state index is 10.5. The average molecular weight is 266 g/mol. The highest BCUT2D eigenvalue weighted by Gasteiger charge is 2.08. The number of aromatic hydroxyl groups is 2. The van der Waals surface area contributed by atoms with Crippen molar-refractivity contribution < 1.29 is 15.1 Å². The number of non-ortho nitro benzene ring substituents is 1. The van der Waals surface area contributed by atoms with E-state index in [1.54, 1.807) is 12.1 Å². The van der Waals surface area contributed by atoms with Crippen molar-refractivity contribution in [3.8, 4) is 11.8 Å². The summed E-state index contributed by atoms with van der Waals surface area (Å²) in [4.78, 5) is 10.0. The minimum atomic E-state index is -0.458. The molecule has 94 valence electrons. The van der Waals surface area contributed by atoms with Crippen LogP contribution in [0.4, 0.5) is 5.69 Å². The molecule has 0 saturated heterocycles. The summed E-state index contributed by atoms with van der Waals surface area (Å²) in [5, 5.41) is 29.3. The van der Waals surface area contributed by atoms with E-state index in [0.717, 1.165) is 5.56 Å². The second-order valence-corrected chi connectivity index (χ2v) is 4.45. The first-order valence-corrected chi connectivity index (χ1v) is 5.98. The highest BCUT2D eigenvalue weighted by molar-refractivity contribution is 7.97. The fourth-order valence-corrected chi connectivity index (χ4v) is 2.24. The summed E-state index contributed by atoms with van der Waals surface area (Å²) in [6.07, 6.45) is 0. The fourth-order valence-electron chi connectivity index (χ4n) is 1.39. The molecule has 0 radical (unpaired) electrons. The minimum Gasteiger partial charge on any atom is -0.494 e. The van der Waals surface area contributed by atoms with Crippen molar-refractivity contribution in [1.29, 1.82) is 0 Å². The number of aromatic nitrogens is 1. The smallest absolute Gasteiger partial charge is 0.269 e. The molecule has 2 N–H and O–H groups in total. The molecule has 0 saturated carbocycles. The Balaban J connectivity index is 2.04. The van der Waals surface area contributed by atoms with Crippen LogP contribution in [0.2, 0.25) is 0 Å². The monoisotopic (exact) mass is 266 g/mol. The quantitative estimate of drug-likeness (QED) is 0.655. The molecule has 6 nitrogen and oxygen atoms in total. The first-order valence-electron chi connectivity index (χ1n) is 5.04. The molecule has 0 amide bonds. The standard InChI is InChI=1S/C11H10N2O4S/c14-10-5-6-11(15)12(10)18-7-8-1-3-9(4-2-8)13(16)17/h1-6,14-15H,7H2. The van der Waals surface area contributed by atoms with Gasteiger partial charge in [0, 0.05) is 30.0 Å². The van der Waals surface area contributed by atoms with Gasteiger partial charge in [-0.25, -0.2) is 3.97 Å². The zero-order valence-electron chi connectivity index (χ0n) is 9.18. The van der Waals surface area contributed by atoms with Crippen molar-refractivity contribution >= 4 is 17.6 Å². The van der Waals surface area contributed by atoms with Crippen LogP contribution in [0.25, 0.3) is 0 Å². The van der Waals surface area contributed by atoms with Crippen molar-refractivity contribution in [3.63, 3.8) is 0 Å². The van der Waals surface area contributed by atoms with Gasteiger partial charge >= 0.3 is 0 Å². The van der Waals surface area contributed by atoms with Gasteiger partial charge in [-0.1, -0.05) is 12.1 Å². The molecule has 0 aliphatic carbocycles. The van der Waals surface area contributed by atoms with Gasteiger partial charge < -0.3 is 10.2 Å². The van der Waals surface area contributed by atoms with E-state index < -0.39 is 4.92 Å². The SMILES string of the molecule is O=[N+]([O-])c1ccc(CSn2c(O)ccc2O)cc1. The van der Waals surface area contributed by atoms with Gasteiger partial charge in [-0.3, -0.25) is 10.1 Å². The van der Waals surface area contributed by atoms with Gasteiger partial charge in [0.25, 0.3) is 5.69 Å². The first-order chi connectivity index (χ1) is 8.58. The van der Waals surface area contributed by atoms with E-state index in [-0.39, 0.29) is 17.4 Å². The van der Waals surface area contributed by atoms with Crippen molar-refractivity contribution in [2.75, 3.05) is 0 Å². The summed E-state index contributed by atoms with van der Waals surface area (Å²) >= 11 is 1.19. The summed E-state index contributed by atoms with van der Waals surface area (Å²) in [6, 6.07) is 8.90. The number of nitro benzene ring substituents is 1. The number of hydrogen-bond acceptors (Lipinski definition) is 5. The maximum atomic E-state index is 10.5. The van der Waals surface area contributed by atoms with Crippen LogP contribution >= 0.6 is 11.9 Å². The van der Waals surface area contributed by atoms with Crippen molar-refractivity contribution in [2.24, 2.45) is 0 Å². The molecule has 0 bridgehead atoms. The number of benzene rings is 1. The molecule has 0 aliphatic rings. The highest BCUT2D eigenvalue weighted by atomic mass is 32.2. The van der Waals surface area contributed by atoms with Crippen LogP contribution in [0.1, 0.15) is 5.56 Å². The fraction of sp³-hybridized carbons (Fsp3) is 0.0909. The van der Waals surface area contributed by atoms with E-state index in [2.05, 4.69) is 0 Å². The van der Waals surface area contributed by atoms with E-state index >= 15 is 0 Å². The number of rotatable bonds is 4. The van der Waals surface area contributed by atoms with Crippen molar-refractivity contribution in [1.82, 2.24) is 3.97 Å². The van der Waals surface area contributed by atoms with Crippen LogP contribution in [0.3, 0.4) is 0 Å². The summed E-state index contributed by atoms with van der Waals surface area (Å²) in [6.45, 7) is 0. The van der Waals surface area contributed by atoms with E-state index in [9.17, 15) is 20.3 Å². The number of hydrogen-bond donors (Lipinski definition) is 2. The molecule has 0 fully saturated rings. The normalized spacial score (nSPS) is 10.4. The molecule has 2 rings (SSSR count). The molecule has 0 aliphatic heterocycles. The van der Waals surface area contributed by atoms with Crippen molar-refractivity contribution in [3.05, 3.63) is 52.1 Å². The van der Waals surface area contributed by atoms with Crippen LogP contribution in [-0.2, 0) is 5.75 Å². The Bertz CT molecular complexity index is 545. The lowest BCUT2D eigenvalue weighted by molar-refractivity contribution is -0.384. The zero-order chi connectivity index (χ0) is 13.1. The Kier molecular flexibility index (Phi) is 3.42. The predicted octanol–water partition coefficient (Wildman–Crippen LogP) is 2.50. The number of nitrogens with zero attached hydrogens (tertiary/aromatic N) is 2. The average Bonchev–Trinajstić information content (AvgIpc) is 2.67. The lowest BCUT2D eigenvalue weighted by Crippen LogP contribution is -1.90. The molecular weight excluding hydrogens is 256 g/mol. The Morgan fingerprint density at radius 1 is 1.11 bits per heavy atom. The van der Waals surface area contributed by atoms with E-state index in [0.29, 0.717) is 5.75 Å². The lowest BCUT2D eigenvalue weighted by Gasteiger charge is -2.05. The van der Waals surface area contributed by atoms with Gasteiger partial charge in [-0.05, 0) is 17.5 Å². The molecule has 1 aromatic heterocycles. The third-order valence-corrected chi connectivity index (χ3v) is 3.40. The van der Waals surface area contributed by atoms with Crippen molar-refractivity contribution in [2.45, 2.75) is 5.75 Å². The second kappa shape index (κ2) is 5.01. The Morgan fingerprint density at radius 2 is 1.67 bits per heavy atom. The second-order valence-electron chi connectivity index (χ2n) is 3.54. The first kappa shape index (κ1) is 12.3. The van der Waals surface area contributed by atoms with E-state index in [4.69, 9.17) is 0 Å². The molecule has 1 aromatic carbocycles. The van der Waals surface area contributed by atoms with Gasteiger partial charge in [0.2, 0.25) is 11.8 Å². The summed E-state index contributed by atoms with van der Waals surface area (Å²) in [5.74, 6) is 0.396. The maximum Gasteiger partial charge on any atom is 0.269 e. The molecule has 2 aromatic rings. The summed E-state index contributed by atoms with van der Waals surface area (Å²) < 4.78 is 1.28. The van der Waals surface area contributed by atoms with Crippen LogP contribution in [0, 0.1) is 10.1 Å². The third-order valence-electron chi connectivity index (χ3n) is 2.31. The van der Waals surface area contributed by atoms with Gasteiger partial charge in [-0.15, -0.1) is 0 Å². The Hall–Kier alpha value is -2.15. The van der Waals surface area contributed by atoms with Gasteiger partial charge in [0.15, 0.2) is 0 Å². The molecule has 0 unspecified atom stereocenters. The molecule has 0 atom stereocenters. The molecule has 18 heavy (non-hydrogen) atoms. The zero-order valence-corrected chi connectivity index (χ0v) is 10.0. The van der Waals surface area contributed by atoms with Gasteiger partial charge in [0.05, 0.1) is 4.92 Å². The predicted molar refractivity (Wildman–Crippen MR) is 67.6 cm³/mol. The topological polar surface area (TPSA) is 88.5 Å². The highest BCUT2D eigenvalue weighted by Crippen LogP contribution is 2.29. The van der Waals surface area contributed by atoms with Gasteiger partial charge in [0.1, 0.15) is 0 Å². The Labute approximate surface area is 107 Å². The van der Waals surface area contributed by atoms with Crippen LogP contribution < -0.4 is 0 Å². The third kappa shape index (κ3) is 2.57. The molecule has 0 spiro atoms. The lowest BCUT2D eigenvalue weighted by atomic mass is 10.2. The van der Waals surface area contributed by atoms with Gasteiger partial charge in [-0.2, -0.15) is 0 Å². The molecule has 1 heterocycles. The molecule has 7 heteroatoms. The van der Waals surface area contributed by atoms with Crippen LogP contribution in [0.15, 0.2) is 36.4 Å². The Morgan fingerprint density at radius 3 is 2.17 bits per heavy atom.